The largest absolute Gasteiger partial charge is 0.341 e. The molecule has 0 aromatic heterocycles. The van der Waals surface area contributed by atoms with Crippen LogP contribution >= 0.6 is 0 Å². The topological polar surface area (TPSA) is 24.7 Å². The Balaban J connectivity index is 2.77. The highest BCUT2D eigenvalue weighted by molar-refractivity contribution is 5.70. The lowest BCUT2D eigenvalue weighted by Gasteiger charge is -2.06. The predicted octanol–water partition coefficient (Wildman–Crippen LogP) is -0.0750. The Morgan fingerprint density at radius 2 is 2.29 bits per heavy atom. The molecule has 37 valence electrons. The Labute approximate surface area is 42.6 Å². The average molecular weight is 97.1 g/mol. The van der Waals surface area contributed by atoms with Crippen molar-refractivity contribution in [2.24, 2.45) is 10.1 Å². The molecule has 1 radical (unpaired) electrons. The van der Waals surface area contributed by atoms with E-state index in [2.05, 4.69) is 16.4 Å². The molecule has 0 aliphatic carbocycles. The fourth-order valence-corrected chi connectivity index (χ4v) is 0.348. The van der Waals surface area contributed by atoms with Gasteiger partial charge in [0.05, 0.1) is 14.1 Å². The Kier molecular flexibility index (Phi) is 0.722. The summed E-state index contributed by atoms with van der Waals surface area (Å²) in [6, 6.07) is 0. The molecule has 1 aliphatic heterocycles. The number of quaternary nitrogens is 1. The predicted molar refractivity (Wildman–Crippen MR) is 28.0 cm³/mol. The van der Waals surface area contributed by atoms with Crippen molar-refractivity contribution in [1.29, 1.82) is 0 Å². The van der Waals surface area contributed by atoms with Gasteiger partial charge in [-0.2, -0.15) is 4.99 Å². The summed E-state index contributed by atoms with van der Waals surface area (Å²) >= 11 is 0. The number of aliphatic imine (C=N–C) groups is 1. The minimum absolute atomic E-state index is 0.403. The summed E-state index contributed by atoms with van der Waals surface area (Å²) in [6.07, 6.45) is 4.24. The molecule has 1 rings (SSSR count). The van der Waals surface area contributed by atoms with Crippen LogP contribution in [0.15, 0.2) is 10.1 Å². The van der Waals surface area contributed by atoms with Gasteiger partial charge in [0.25, 0.3) is 0 Å². The van der Waals surface area contributed by atoms with Crippen molar-refractivity contribution in [1.82, 2.24) is 0 Å². The highest BCUT2D eigenvalue weighted by Crippen LogP contribution is 1.95. The molecule has 1 heterocycles. The molecule has 0 fully saturated rings. The van der Waals surface area contributed by atoms with Crippen LogP contribution in [0.3, 0.4) is 0 Å². The smallest absolute Gasteiger partial charge is 0.170 e. The average Bonchev–Trinajstić information content (AvgIpc) is 1.84. The third-order valence-corrected chi connectivity index (χ3v) is 0.701. The molecule has 0 unspecified atom stereocenters. The second kappa shape index (κ2) is 1.13. The molecular weight excluding hydrogens is 90.1 g/mol. The second-order valence-corrected chi connectivity index (χ2v) is 1.85. The minimum Gasteiger partial charge on any atom is -0.170 e. The molecule has 3 nitrogen and oxygen atoms in total. The van der Waals surface area contributed by atoms with Crippen molar-refractivity contribution < 1.29 is 4.59 Å². The molecule has 1 aliphatic rings. The molecule has 0 saturated heterocycles. The van der Waals surface area contributed by atoms with E-state index in [1.165, 1.54) is 6.34 Å². The molecule has 3 heteroatoms. The van der Waals surface area contributed by atoms with E-state index in [1.54, 1.807) is 0 Å². The molecule has 0 atom stereocenters. The first-order chi connectivity index (χ1) is 3.21. The van der Waals surface area contributed by atoms with Gasteiger partial charge < -0.3 is 0 Å². The third kappa shape index (κ3) is 0.838. The van der Waals surface area contributed by atoms with E-state index in [-0.39, 0.29) is 0 Å². The van der Waals surface area contributed by atoms with E-state index < -0.39 is 0 Å². The van der Waals surface area contributed by atoms with Crippen LogP contribution in [0.1, 0.15) is 0 Å². The first kappa shape index (κ1) is 4.46. The fraction of sp³-hybridized carbons (Fsp3) is 0.500. The standard InChI is InChI=1S/C4H7N3/c1-7(2)4-5-3-6-7/h3H,1-2H3/q+1. The van der Waals surface area contributed by atoms with Crippen LogP contribution in [0.5, 0.6) is 0 Å². The summed E-state index contributed by atoms with van der Waals surface area (Å²) in [6.45, 7) is 0. The maximum Gasteiger partial charge on any atom is 0.341 e. The summed E-state index contributed by atoms with van der Waals surface area (Å²) < 4.78 is 0.403. The van der Waals surface area contributed by atoms with Crippen molar-refractivity contribution in [3.05, 3.63) is 0 Å². The van der Waals surface area contributed by atoms with Gasteiger partial charge in [0.1, 0.15) is 0 Å². The third-order valence-electron chi connectivity index (χ3n) is 0.701. The van der Waals surface area contributed by atoms with Crippen LogP contribution in [0.2, 0.25) is 0 Å². The van der Waals surface area contributed by atoms with Gasteiger partial charge in [0, 0.05) is 0 Å². The summed E-state index contributed by atoms with van der Waals surface area (Å²) in [7, 11) is 3.79. The van der Waals surface area contributed by atoms with Gasteiger partial charge >= 0.3 is 6.34 Å². The van der Waals surface area contributed by atoms with Crippen molar-refractivity contribution in [3.8, 4) is 0 Å². The first-order valence-electron chi connectivity index (χ1n) is 2.06. The maximum atomic E-state index is 3.90. The van der Waals surface area contributed by atoms with E-state index >= 15 is 0 Å². The van der Waals surface area contributed by atoms with Gasteiger partial charge in [-0.05, 0) is 0 Å². The number of nitrogens with zero attached hydrogens (tertiary/aromatic N) is 3. The molecule has 0 aromatic carbocycles. The Morgan fingerprint density at radius 1 is 1.57 bits per heavy atom. The molecule has 0 amide bonds. The molecule has 0 saturated carbocycles. The van der Waals surface area contributed by atoms with Crippen molar-refractivity contribution in [3.63, 3.8) is 0 Å². The zero-order chi connectivity index (χ0) is 5.33. The summed E-state index contributed by atoms with van der Waals surface area (Å²) in [4.78, 5) is 3.67. The number of hydrogen-bond acceptors (Lipinski definition) is 2. The van der Waals surface area contributed by atoms with Crippen molar-refractivity contribution in [2.45, 2.75) is 0 Å². The van der Waals surface area contributed by atoms with Gasteiger partial charge in [-0.1, -0.05) is 5.10 Å². The molecular formula is C4H7N3+. The lowest BCUT2D eigenvalue weighted by atomic mass is 10.9. The van der Waals surface area contributed by atoms with Gasteiger partial charge in [0.2, 0.25) is 0 Å². The summed E-state index contributed by atoms with van der Waals surface area (Å²) in [5.41, 5.74) is 0. The summed E-state index contributed by atoms with van der Waals surface area (Å²) in [5.74, 6) is 0. The van der Waals surface area contributed by atoms with Gasteiger partial charge in [0.15, 0.2) is 6.34 Å². The minimum atomic E-state index is 0.403. The van der Waals surface area contributed by atoms with E-state index in [0.29, 0.717) is 4.59 Å². The van der Waals surface area contributed by atoms with Gasteiger partial charge in [-0.15, -0.1) is 4.59 Å². The Bertz CT molecular complexity index is 109. The van der Waals surface area contributed by atoms with E-state index in [4.69, 9.17) is 0 Å². The van der Waals surface area contributed by atoms with Crippen molar-refractivity contribution in [2.75, 3.05) is 14.1 Å². The Morgan fingerprint density at radius 3 is 2.43 bits per heavy atom. The van der Waals surface area contributed by atoms with E-state index in [9.17, 15) is 0 Å². The van der Waals surface area contributed by atoms with E-state index in [1.807, 2.05) is 14.1 Å². The number of rotatable bonds is 0. The van der Waals surface area contributed by atoms with Crippen LogP contribution < -0.4 is 0 Å². The lowest BCUT2D eigenvalue weighted by Crippen LogP contribution is -2.28. The number of hydrogen-bond donors (Lipinski definition) is 0. The molecule has 7 heavy (non-hydrogen) atoms. The summed E-state index contributed by atoms with van der Waals surface area (Å²) in [5, 5.41) is 3.90. The van der Waals surface area contributed by atoms with Crippen LogP contribution in [0.25, 0.3) is 0 Å². The zero-order valence-corrected chi connectivity index (χ0v) is 4.42. The fourth-order valence-electron chi connectivity index (χ4n) is 0.348. The molecule has 0 spiro atoms. The quantitative estimate of drug-likeness (QED) is 0.378. The van der Waals surface area contributed by atoms with Crippen LogP contribution in [-0.2, 0) is 0 Å². The Hall–Kier alpha value is -0.700. The van der Waals surface area contributed by atoms with Crippen LogP contribution in [-0.4, -0.2) is 31.4 Å². The molecule has 0 aromatic rings. The van der Waals surface area contributed by atoms with Crippen LogP contribution in [0.4, 0.5) is 0 Å². The lowest BCUT2D eigenvalue weighted by molar-refractivity contribution is -0.796. The second-order valence-electron chi connectivity index (χ2n) is 1.85. The van der Waals surface area contributed by atoms with Crippen LogP contribution in [0, 0.1) is 0 Å². The SMILES string of the molecule is C[N+]1(C)[C]=NC=N1. The van der Waals surface area contributed by atoms with Gasteiger partial charge in [-0.3, -0.25) is 0 Å². The molecule has 0 bridgehead atoms. The van der Waals surface area contributed by atoms with Gasteiger partial charge in [-0.25, -0.2) is 0 Å². The van der Waals surface area contributed by atoms with Crippen molar-refractivity contribution >= 4 is 12.7 Å². The highest BCUT2D eigenvalue weighted by atomic mass is 15.6. The highest BCUT2D eigenvalue weighted by Gasteiger charge is 2.14. The maximum absolute atomic E-state index is 3.90. The monoisotopic (exact) mass is 97.1 g/mol. The van der Waals surface area contributed by atoms with E-state index in [0.717, 1.165) is 0 Å². The zero-order valence-electron chi connectivity index (χ0n) is 4.42. The molecule has 0 N–H and O–H groups in total. The first-order valence-corrected chi connectivity index (χ1v) is 2.06. The normalized spacial score (nSPS) is 23.7.